The van der Waals surface area contributed by atoms with Gasteiger partial charge in [-0.05, 0) is 50.5 Å². The zero-order chi connectivity index (χ0) is 21.0. The Balaban J connectivity index is 1.82. The van der Waals surface area contributed by atoms with Gasteiger partial charge in [0, 0.05) is 5.69 Å². The highest BCUT2D eigenvalue weighted by Crippen LogP contribution is 2.48. The molecule has 2 aliphatic rings. The predicted octanol–water partition coefficient (Wildman–Crippen LogP) is 5.46. The summed E-state index contributed by atoms with van der Waals surface area (Å²) >= 11 is 0. The minimum atomic E-state index is -4.77. The van der Waals surface area contributed by atoms with Crippen LogP contribution in [0.3, 0.4) is 0 Å². The highest BCUT2D eigenvalue weighted by atomic mass is 19.4. The first kappa shape index (κ1) is 19.0. The van der Waals surface area contributed by atoms with Crippen LogP contribution in [0.15, 0.2) is 42.5 Å². The van der Waals surface area contributed by atoms with Gasteiger partial charge >= 0.3 is 12.2 Å². The fourth-order valence-electron chi connectivity index (χ4n) is 3.89. The van der Waals surface area contributed by atoms with Crippen LogP contribution in [0.2, 0.25) is 0 Å². The Morgan fingerprint density at radius 2 is 1.66 bits per heavy atom. The number of imide groups is 1. The van der Waals surface area contributed by atoms with Gasteiger partial charge in [-0.2, -0.15) is 13.2 Å². The Hall–Kier alpha value is -3.34. The summed E-state index contributed by atoms with van der Waals surface area (Å²) in [6, 6.07) is 9.32. The number of benzene rings is 2. The number of amides is 3. The van der Waals surface area contributed by atoms with Gasteiger partial charge in [-0.1, -0.05) is 23.8 Å². The summed E-state index contributed by atoms with van der Waals surface area (Å²) in [5, 5.41) is 0. The normalized spacial score (nSPS) is 18.2. The van der Waals surface area contributed by atoms with Crippen LogP contribution in [0, 0.1) is 13.5 Å². The third kappa shape index (κ3) is 2.77. The van der Waals surface area contributed by atoms with Crippen molar-refractivity contribution in [3.63, 3.8) is 0 Å². The van der Waals surface area contributed by atoms with Gasteiger partial charge in [0.1, 0.15) is 5.54 Å². The number of carbonyl (C=O) groups excluding carboxylic acids is 2. The van der Waals surface area contributed by atoms with E-state index in [0.717, 1.165) is 23.0 Å². The molecular weight excluding hydrogens is 383 g/mol. The van der Waals surface area contributed by atoms with Crippen LogP contribution in [0.25, 0.3) is 4.85 Å². The van der Waals surface area contributed by atoms with E-state index >= 15 is 0 Å². The minimum Gasteiger partial charge on any atom is -0.278 e. The third-order valence-electron chi connectivity index (χ3n) is 5.55. The summed E-state index contributed by atoms with van der Waals surface area (Å²) in [6.07, 6.45) is -3.12. The molecule has 1 saturated heterocycles. The van der Waals surface area contributed by atoms with Gasteiger partial charge in [-0.15, -0.1) is 0 Å². The number of alkyl halides is 3. The maximum Gasteiger partial charge on any atom is 0.407 e. The lowest BCUT2D eigenvalue weighted by Gasteiger charge is -2.42. The largest absolute Gasteiger partial charge is 0.407 e. The molecular formula is C21H16F3N3O2. The molecule has 5 nitrogen and oxygen atoms in total. The summed E-state index contributed by atoms with van der Waals surface area (Å²) in [4.78, 5) is 31.5. The Labute approximate surface area is 165 Å². The summed E-state index contributed by atoms with van der Waals surface area (Å²) < 4.78 is 40.1. The highest BCUT2D eigenvalue weighted by Gasteiger charge is 2.61. The van der Waals surface area contributed by atoms with Crippen molar-refractivity contribution < 1.29 is 22.8 Å². The number of hydrogen-bond donors (Lipinski definition) is 0. The molecule has 1 aliphatic carbocycles. The molecule has 0 N–H and O–H groups in total. The summed E-state index contributed by atoms with van der Waals surface area (Å²) in [6.45, 7) is 8.85. The molecule has 8 heteroatoms. The Morgan fingerprint density at radius 1 is 1.03 bits per heavy atom. The average Bonchev–Trinajstić information content (AvgIpc) is 2.88. The van der Waals surface area contributed by atoms with E-state index in [4.69, 9.17) is 6.57 Å². The van der Waals surface area contributed by atoms with Crippen LogP contribution in [0.5, 0.6) is 0 Å². The van der Waals surface area contributed by atoms with E-state index in [1.165, 1.54) is 11.0 Å². The number of nitrogens with zero attached hydrogens (tertiary/aromatic N) is 3. The lowest BCUT2D eigenvalue weighted by atomic mass is 9.75. The fraction of sp³-hybridized carbons (Fsp3) is 0.286. The highest BCUT2D eigenvalue weighted by molar-refractivity contribution is 6.30. The predicted molar refractivity (Wildman–Crippen MR) is 101 cm³/mol. The first-order valence-electron chi connectivity index (χ1n) is 9.03. The standard InChI is InChI=1S/C21H16F3N3O2/c1-13-4-6-14(7-5-13)27-19(29)26(18(28)20(27)10-3-11-20)15-8-9-17(25-2)16(12-15)21(22,23)24/h4-9,12H,3,10-11H2,1H3. The molecule has 2 aromatic carbocycles. The van der Waals surface area contributed by atoms with Gasteiger partial charge in [-0.25, -0.2) is 14.5 Å². The number of urea groups is 1. The van der Waals surface area contributed by atoms with Crippen molar-refractivity contribution in [1.29, 1.82) is 0 Å². The van der Waals surface area contributed by atoms with E-state index in [1.54, 1.807) is 12.1 Å². The number of halogens is 3. The van der Waals surface area contributed by atoms with Crippen molar-refractivity contribution >= 4 is 29.0 Å². The molecule has 1 aliphatic heterocycles. The first-order valence-corrected chi connectivity index (χ1v) is 9.03. The van der Waals surface area contributed by atoms with Crippen LogP contribution >= 0.6 is 0 Å². The molecule has 0 radical (unpaired) electrons. The van der Waals surface area contributed by atoms with Crippen LogP contribution in [0.1, 0.15) is 30.4 Å². The molecule has 4 rings (SSSR count). The average molecular weight is 399 g/mol. The van der Waals surface area contributed by atoms with Crippen molar-refractivity contribution in [1.82, 2.24) is 0 Å². The lowest BCUT2D eigenvalue weighted by Crippen LogP contribution is -2.55. The molecule has 29 heavy (non-hydrogen) atoms. The van der Waals surface area contributed by atoms with E-state index in [1.807, 2.05) is 19.1 Å². The van der Waals surface area contributed by atoms with Gasteiger partial charge in [0.05, 0.1) is 17.8 Å². The SMILES string of the molecule is [C-]#[N+]c1ccc(N2C(=O)N(c3ccc(C)cc3)C3(CCC3)C2=O)cc1C(F)(F)F. The van der Waals surface area contributed by atoms with Crippen LogP contribution < -0.4 is 9.80 Å². The first-order chi connectivity index (χ1) is 13.7. The van der Waals surface area contributed by atoms with Crippen molar-refractivity contribution in [2.45, 2.75) is 37.9 Å². The maximum atomic E-state index is 13.4. The summed E-state index contributed by atoms with van der Waals surface area (Å²) in [5.41, 5.74) is -1.47. The molecule has 0 atom stereocenters. The summed E-state index contributed by atoms with van der Waals surface area (Å²) in [5.74, 6) is -0.530. The molecule has 1 spiro atoms. The van der Waals surface area contributed by atoms with Gasteiger partial charge < -0.3 is 0 Å². The topological polar surface area (TPSA) is 45.0 Å². The van der Waals surface area contributed by atoms with E-state index in [2.05, 4.69) is 4.85 Å². The quantitative estimate of drug-likeness (QED) is 0.497. The number of rotatable bonds is 2. The molecule has 3 amide bonds. The van der Waals surface area contributed by atoms with Gasteiger partial charge in [0.15, 0.2) is 5.69 Å². The molecule has 1 heterocycles. The molecule has 0 aromatic heterocycles. The second kappa shape index (κ2) is 6.34. The van der Waals surface area contributed by atoms with E-state index in [0.29, 0.717) is 24.6 Å². The van der Waals surface area contributed by atoms with Crippen molar-refractivity contribution in [3.8, 4) is 0 Å². The third-order valence-corrected chi connectivity index (χ3v) is 5.55. The fourth-order valence-corrected chi connectivity index (χ4v) is 3.89. The zero-order valence-corrected chi connectivity index (χ0v) is 15.5. The zero-order valence-electron chi connectivity index (χ0n) is 15.5. The molecule has 2 aromatic rings. The number of anilines is 2. The second-order valence-corrected chi connectivity index (χ2v) is 7.29. The second-order valence-electron chi connectivity index (χ2n) is 7.29. The molecule has 0 bridgehead atoms. The van der Waals surface area contributed by atoms with Gasteiger partial charge in [0.25, 0.3) is 5.91 Å². The molecule has 2 fully saturated rings. The number of aryl methyl sites for hydroxylation is 1. The Morgan fingerprint density at radius 3 is 2.17 bits per heavy atom. The lowest BCUT2D eigenvalue weighted by molar-refractivity contribution is -0.137. The number of hydrogen-bond acceptors (Lipinski definition) is 2. The maximum absolute atomic E-state index is 13.4. The monoisotopic (exact) mass is 399 g/mol. The van der Waals surface area contributed by atoms with Crippen molar-refractivity contribution in [3.05, 3.63) is 65.0 Å². The van der Waals surface area contributed by atoms with E-state index in [9.17, 15) is 22.8 Å². The van der Waals surface area contributed by atoms with Crippen LogP contribution in [-0.4, -0.2) is 17.5 Å². The molecule has 1 saturated carbocycles. The van der Waals surface area contributed by atoms with Gasteiger partial charge in [-0.3, -0.25) is 9.69 Å². The van der Waals surface area contributed by atoms with Crippen LogP contribution in [-0.2, 0) is 11.0 Å². The minimum absolute atomic E-state index is 0.180. The molecule has 0 unspecified atom stereocenters. The molecule has 148 valence electrons. The van der Waals surface area contributed by atoms with Crippen LogP contribution in [0.4, 0.5) is 35.0 Å². The van der Waals surface area contributed by atoms with Crippen molar-refractivity contribution in [2.24, 2.45) is 0 Å². The summed E-state index contributed by atoms with van der Waals surface area (Å²) in [7, 11) is 0. The van der Waals surface area contributed by atoms with Crippen molar-refractivity contribution in [2.75, 3.05) is 9.80 Å². The Bertz CT molecular complexity index is 1050. The van der Waals surface area contributed by atoms with E-state index < -0.39 is 34.9 Å². The Kier molecular flexibility index (Phi) is 4.15. The smallest absolute Gasteiger partial charge is 0.278 e. The van der Waals surface area contributed by atoms with Gasteiger partial charge in [0.2, 0.25) is 0 Å². The van der Waals surface area contributed by atoms with E-state index in [-0.39, 0.29) is 5.69 Å². The number of carbonyl (C=O) groups is 2.